The van der Waals surface area contributed by atoms with Crippen molar-refractivity contribution in [3.8, 4) is 0 Å². The fraction of sp³-hybridized carbons (Fsp3) is 0.588. The molecule has 0 radical (unpaired) electrons. The van der Waals surface area contributed by atoms with Crippen molar-refractivity contribution in [2.75, 3.05) is 19.7 Å². The first-order chi connectivity index (χ1) is 11.4. The SMILES string of the molecule is CCOC(=O)N1CCC(N[C@H](C)[C@H](O)c2ccc(F)c(F)c2)CC1. The predicted molar refractivity (Wildman–Crippen MR) is 85.5 cm³/mol. The van der Waals surface area contributed by atoms with Gasteiger partial charge in [-0.2, -0.15) is 0 Å². The molecule has 2 atom stereocenters. The fourth-order valence-corrected chi connectivity index (χ4v) is 2.89. The van der Waals surface area contributed by atoms with Gasteiger partial charge in [-0.25, -0.2) is 13.6 Å². The number of rotatable bonds is 5. The summed E-state index contributed by atoms with van der Waals surface area (Å²) in [5, 5.41) is 13.6. The van der Waals surface area contributed by atoms with Crippen LogP contribution in [0.2, 0.25) is 0 Å². The molecule has 5 nitrogen and oxygen atoms in total. The van der Waals surface area contributed by atoms with Gasteiger partial charge in [0.25, 0.3) is 0 Å². The van der Waals surface area contributed by atoms with Crippen LogP contribution in [0, 0.1) is 11.6 Å². The van der Waals surface area contributed by atoms with Gasteiger partial charge in [-0.15, -0.1) is 0 Å². The molecule has 1 saturated heterocycles. The van der Waals surface area contributed by atoms with Crippen LogP contribution in [0.4, 0.5) is 13.6 Å². The lowest BCUT2D eigenvalue weighted by molar-refractivity contribution is 0.0872. The number of aliphatic hydroxyl groups is 1. The average molecular weight is 342 g/mol. The van der Waals surface area contributed by atoms with Gasteiger partial charge in [0.2, 0.25) is 0 Å². The Morgan fingerprint density at radius 3 is 2.62 bits per heavy atom. The number of benzene rings is 1. The minimum atomic E-state index is -0.971. The normalized spacial score (nSPS) is 18.3. The smallest absolute Gasteiger partial charge is 0.409 e. The Hall–Kier alpha value is -1.73. The van der Waals surface area contributed by atoms with Gasteiger partial charge in [0.15, 0.2) is 11.6 Å². The summed E-state index contributed by atoms with van der Waals surface area (Å²) in [6, 6.07) is 3.23. The first-order valence-electron chi connectivity index (χ1n) is 8.23. The molecule has 0 unspecified atom stereocenters. The topological polar surface area (TPSA) is 61.8 Å². The zero-order chi connectivity index (χ0) is 17.7. The summed E-state index contributed by atoms with van der Waals surface area (Å²) in [7, 11) is 0. The molecule has 1 fully saturated rings. The van der Waals surface area contributed by atoms with Crippen molar-refractivity contribution >= 4 is 6.09 Å². The highest BCUT2D eigenvalue weighted by molar-refractivity contribution is 5.67. The molecule has 1 heterocycles. The maximum Gasteiger partial charge on any atom is 0.409 e. The van der Waals surface area contributed by atoms with Crippen molar-refractivity contribution in [1.82, 2.24) is 10.2 Å². The molecule has 0 bridgehead atoms. The third-order valence-corrected chi connectivity index (χ3v) is 4.28. The molecule has 2 N–H and O–H groups in total. The van der Waals surface area contributed by atoms with Crippen molar-refractivity contribution in [3.05, 3.63) is 35.4 Å². The predicted octanol–water partition coefficient (Wildman–Crippen LogP) is 2.60. The molecule has 24 heavy (non-hydrogen) atoms. The van der Waals surface area contributed by atoms with E-state index in [-0.39, 0.29) is 18.2 Å². The number of piperidine rings is 1. The van der Waals surface area contributed by atoms with E-state index < -0.39 is 17.7 Å². The zero-order valence-corrected chi connectivity index (χ0v) is 14.0. The Morgan fingerprint density at radius 2 is 2.04 bits per heavy atom. The molecule has 0 spiro atoms. The number of amides is 1. The van der Waals surface area contributed by atoms with Crippen molar-refractivity contribution in [3.63, 3.8) is 0 Å². The second-order valence-electron chi connectivity index (χ2n) is 6.03. The highest BCUT2D eigenvalue weighted by atomic mass is 19.2. The van der Waals surface area contributed by atoms with E-state index >= 15 is 0 Å². The summed E-state index contributed by atoms with van der Waals surface area (Å²) >= 11 is 0. The lowest BCUT2D eigenvalue weighted by atomic mass is 9.99. The van der Waals surface area contributed by atoms with Gasteiger partial charge < -0.3 is 20.1 Å². The molecule has 0 saturated carbocycles. The summed E-state index contributed by atoms with van der Waals surface area (Å²) in [6.07, 6.45) is 0.246. The van der Waals surface area contributed by atoms with Crippen molar-refractivity contribution < 1.29 is 23.4 Å². The van der Waals surface area contributed by atoms with E-state index in [1.807, 2.05) is 0 Å². The van der Waals surface area contributed by atoms with Crippen LogP contribution in [-0.2, 0) is 4.74 Å². The highest BCUT2D eigenvalue weighted by Crippen LogP contribution is 2.21. The second kappa shape index (κ2) is 8.39. The molecular formula is C17H24F2N2O3. The van der Waals surface area contributed by atoms with Gasteiger partial charge in [0.05, 0.1) is 12.7 Å². The molecule has 1 aliphatic rings. The number of carbonyl (C=O) groups excluding carboxylic acids is 1. The van der Waals surface area contributed by atoms with E-state index in [9.17, 15) is 18.7 Å². The maximum atomic E-state index is 13.3. The zero-order valence-electron chi connectivity index (χ0n) is 14.0. The summed E-state index contributed by atoms with van der Waals surface area (Å²) < 4.78 is 31.2. The maximum absolute atomic E-state index is 13.3. The lowest BCUT2D eigenvalue weighted by Crippen LogP contribution is -2.48. The van der Waals surface area contributed by atoms with E-state index in [1.54, 1.807) is 18.7 Å². The average Bonchev–Trinajstić information content (AvgIpc) is 2.57. The van der Waals surface area contributed by atoms with Crippen molar-refractivity contribution in [2.24, 2.45) is 0 Å². The number of aliphatic hydroxyl groups excluding tert-OH is 1. The number of hydrogen-bond acceptors (Lipinski definition) is 4. The second-order valence-corrected chi connectivity index (χ2v) is 6.03. The summed E-state index contributed by atoms with van der Waals surface area (Å²) in [5.74, 6) is -1.90. The van der Waals surface area contributed by atoms with E-state index in [0.29, 0.717) is 25.3 Å². The van der Waals surface area contributed by atoms with Crippen LogP contribution in [0.5, 0.6) is 0 Å². The Labute approximate surface area is 140 Å². The van der Waals surface area contributed by atoms with Gasteiger partial charge in [0, 0.05) is 25.2 Å². The lowest BCUT2D eigenvalue weighted by Gasteiger charge is -2.34. The number of halogens is 2. The van der Waals surface area contributed by atoms with E-state index in [4.69, 9.17) is 4.74 Å². The third-order valence-electron chi connectivity index (χ3n) is 4.28. The Bertz CT molecular complexity index is 563. The first-order valence-corrected chi connectivity index (χ1v) is 8.23. The molecule has 0 aliphatic carbocycles. The van der Waals surface area contributed by atoms with Crippen molar-refractivity contribution in [2.45, 2.75) is 44.9 Å². The van der Waals surface area contributed by atoms with Crippen LogP contribution in [0.25, 0.3) is 0 Å². The van der Waals surface area contributed by atoms with Crippen LogP contribution in [0.3, 0.4) is 0 Å². The van der Waals surface area contributed by atoms with E-state index in [1.165, 1.54) is 6.07 Å². The van der Waals surface area contributed by atoms with Crippen LogP contribution in [0.15, 0.2) is 18.2 Å². The number of ether oxygens (including phenoxy) is 1. The minimum absolute atomic E-state index is 0.144. The molecule has 1 aromatic rings. The molecule has 0 aromatic heterocycles. The standard InChI is InChI=1S/C17H24F2N2O3/c1-3-24-17(23)21-8-6-13(7-9-21)20-11(2)16(22)12-4-5-14(18)15(19)10-12/h4-5,10-11,13,16,20,22H,3,6-9H2,1-2H3/t11-,16+/m1/s1. The molecule has 2 rings (SSSR count). The third kappa shape index (κ3) is 4.64. The molecule has 7 heteroatoms. The minimum Gasteiger partial charge on any atom is -0.450 e. The molecular weight excluding hydrogens is 318 g/mol. The van der Waals surface area contributed by atoms with E-state index in [0.717, 1.165) is 25.0 Å². The van der Waals surface area contributed by atoms with E-state index in [2.05, 4.69) is 5.32 Å². The van der Waals surface area contributed by atoms with Gasteiger partial charge in [-0.1, -0.05) is 6.07 Å². The molecule has 1 aromatic carbocycles. The number of likely N-dealkylation sites (tertiary alicyclic amines) is 1. The highest BCUT2D eigenvalue weighted by Gasteiger charge is 2.26. The summed E-state index contributed by atoms with van der Waals surface area (Å²) in [4.78, 5) is 13.3. The van der Waals surface area contributed by atoms with Crippen LogP contribution < -0.4 is 5.32 Å². The summed E-state index contributed by atoms with van der Waals surface area (Å²) in [6.45, 7) is 5.10. The number of nitrogens with one attached hydrogen (secondary N) is 1. The van der Waals surface area contributed by atoms with Crippen molar-refractivity contribution in [1.29, 1.82) is 0 Å². The molecule has 1 amide bonds. The molecule has 134 valence electrons. The largest absolute Gasteiger partial charge is 0.450 e. The Morgan fingerprint density at radius 1 is 1.38 bits per heavy atom. The van der Waals surface area contributed by atoms with Gasteiger partial charge in [-0.05, 0) is 44.4 Å². The van der Waals surface area contributed by atoms with Crippen LogP contribution in [0.1, 0.15) is 38.4 Å². The number of carbonyl (C=O) groups is 1. The van der Waals surface area contributed by atoms with Gasteiger partial charge in [-0.3, -0.25) is 0 Å². The van der Waals surface area contributed by atoms with Gasteiger partial charge in [0.1, 0.15) is 0 Å². The van der Waals surface area contributed by atoms with Crippen LogP contribution in [-0.4, -0.2) is 47.9 Å². The first kappa shape index (κ1) is 18.6. The quantitative estimate of drug-likeness (QED) is 0.863. The monoisotopic (exact) mass is 342 g/mol. The Balaban J connectivity index is 1.85. The summed E-state index contributed by atoms with van der Waals surface area (Å²) in [5.41, 5.74) is 0.331. The fourth-order valence-electron chi connectivity index (χ4n) is 2.89. The number of nitrogens with zero attached hydrogens (tertiary/aromatic N) is 1. The van der Waals surface area contributed by atoms with Gasteiger partial charge >= 0.3 is 6.09 Å². The number of hydrogen-bond donors (Lipinski definition) is 2. The Kier molecular flexibility index (Phi) is 6.51. The molecule has 1 aliphatic heterocycles. The van der Waals surface area contributed by atoms with Crippen LogP contribution >= 0.6 is 0 Å².